The fourth-order valence-corrected chi connectivity index (χ4v) is 1.91. The summed E-state index contributed by atoms with van der Waals surface area (Å²) < 4.78 is 5.27. The van der Waals surface area contributed by atoms with E-state index in [1.807, 2.05) is 46.8 Å². The Morgan fingerprint density at radius 1 is 1.33 bits per heavy atom. The van der Waals surface area contributed by atoms with Gasteiger partial charge in [-0.05, 0) is 45.7 Å². The van der Waals surface area contributed by atoms with Crippen molar-refractivity contribution in [2.75, 3.05) is 0 Å². The average molecular weight is 249 g/mol. The smallest absolute Gasteiger partial charge is 0.308 e. The van der Waals surface area contributed by atoms with Crippen molar-refractivity contribution in [3.63, 3.8) is 0 Å². The molecule has 0 aliphatic rings. The highest BCUT2D eigenvalue weighted by Crippen LogP contribution is 2.21. The SMILES string of the molecule is Cc1ccc(C(N)CC(=O)OC(C)(C)C)c(C)c1. The minimum atomic E-state index is -0.459. The maximum Gasteiger partial charge on any atom is 0.308 e. The third-order valence-electron chi connectivity index (χ3n) is 2.63. The molecule has 0 aromatic heterocycles. The van der Waals surface area contributed by atoms with Crippen molar-refractivity contribution in [2.45, 2.75) is 52.7 Å². The molecule has 0 saturated carbocycles. The molecule has 0 aliphatic heterocycles. The molecule has 0 aliphatic carbocycles. The maximum atomic E-state index is 11.7. The Morgan fingerprint density at radius 3 is 2.44 bits per heavy atom. The van der Waals surface area contributed by atoms with Crippen LogP contribution in [0.3, 0.4) is 0 Å². The van der Waals surface area contributed by atoms with E-state index in [2.05, 4.69) is 6.07 Å². The predicted molar refractivity (Wildman–Crippen MR) is 73.3 cm³/mol. The van der Waals surface area contributed by atoms with Crippen LogP contribution in [0.25, 0.3) is 0 Å². The lowest BCUT2D eigenvalue weighted by Gasteiger charge is -2.21. The highest BCUT2D eigenvalue weighted by atomic mass is 16.6. The van der Waals surface area contributed by atoms with Crippen molar-refractivity contribution in [3.8, 4) is 0 Å². The summed E-state index contributed by atoms with van der Waals surface area (Å²) in [7, 11) is 0. The zero-order chi connectivity index (χ0) is 13.9. The van der Waals surface area contributed by atoms with E-state index in [-0.39, 0.29) is 18.4 Å². The Hall–Kier alpha value is -1.35. The number of aryl methyl sites for hydroxylation is 2. The normalized spacial score (nSPS) is 13.2. The summed E-state index contributed by atoms with van der Waals surface area (Å²) in [5.41, 5.74) is 8.92. The van der Waals surface area contributed by atoms with Gasteiger partial charge in [0.2, 0.25) is 0 Å². The lowest BCUT2D eigenvalue weighted by molar-refractivity contribution is -0.155. The number of benzene rings is 1. The molecule has 100 valence electrons. The Balaban J connectivity index is 2.71. The molecule has 0 saturated heterocycles. The third-order valence-corrected chi connectivity index (χ3v) is 2.63. The van der Waals surface area contributed by atoms with Crippen molar-refractivity contribution in [2.24, 2.45) is 5.73 Å². The first-order valence-electron chi connectivity index (χ1n) is 6.23. The van der Waals surface area contributed by atoms with Gasteiger partial charge in [0, 0.05) is 6.04 Å². The monoisotopic (exact) mass is 249 g/mol. The molecule has 1 rings (SSSR count). The molecule has 18 heavy (non-hydrogen) atoms. The van der Waals surface area contributed by atoms with E-state index < -0.39 is 5.60 Å². The average Bonchev–Trinajstić information content (AvgIpc) is 2.13. The number of hydrogen-bond acceptors (Lipinski definition) is 3. The van der Waals surface area contributed by atoms with Crippen molar-refractivity contribution >= 4 is 5.97 Å². The topological polar surface area (TPSA) is 52.3 Å². The molecule has 0 radical (unpaired) electrons. The molecule has 1 atom stereocenters. The second kappa shape index (κ2) is 5.53. The minimum Gasteiger partial charge on any atom is -0.460 e. The third kappa shape index (κ3) is 4.49. The predicted octanol–water partition coefficient (Wildman–Crippen LogP) is 3.04. The molecular formula is C15H23NO2. The lowest BCUT2D eigenvalue weighted by atomic mass is 9.98. The minimum absolute atomic E-state index is 0.209. The highest BCUT2D eigenvalue weighted by Gasteiger charge is 2.20. The quantitative estimate of drug-likeness (QED) is 0.838. The molecule has 0 fully saturated rings. The van der Waals surface area contributed by atoms with Crippen LogP contribution < -0.4 is 5.73 Å². The van der Waals surface area contributed by atoms with E-state index in [9.17, 15) is 4.79 Å². The van der Waals surface area contributed by atoms with Crippen molar-refractivity contribution in [1.29, 1.82) is 0 Å². The highest BCUT2D eigenvalue weighted by molar-refractivity contribution is 5.71. The van der Waals surface area contributed by atoms with Crippen LogP contribution >= 0.6 is 0 Å². The van der Waals surface area contributed by atoms with Gasteiger partial charge in [0.25, 0.3) is 0 Å². The van der Waals surface area contributed by atoms with Crippen LogP contribution in [-0.4, -0.2) is 11.6 Å². The number of rotatable bonds is 3. The van der Waals surface area contributed by atoms with Gasteiger partial charge in [-0.25, -0.2) is 0 Å². The lowest BCUT2D eigenvalue weighted by Crippen LogP contribution is -2.26. The number of ether oxygens (including phenoxy) is 1. The fourth-order valence-electron chi connectivity index (χ4n) is 1.91. The number of carbonyl (C=O) groups is 1. The van der Waals surface area contributed by atoms with Gasteiger partial charge in [0.1, 0.15) is 5.60 Å². The summed E-state index contributed by atoms with van der Waals surface area (Å²) in [6.45, 7) is 9.61. The molecule has 3 nitrogen and oxygen atoms in total. The van der Waals surface area contributed by atoms with Gasteiger partial charge in [-0.3, -0.25) is 4.79 Å². The Bertz CT molecular complexity index is 433. The zero-order valence-corrected chi connectivity index (χ0v) is 11.9. The summed E-state index contributed by atoms with van der Waals surface area (Å²) in [6, 6.07) is 5.77. The van der Waals surface area contributed by atoms with Gasteiger partial charge in [0.05, 0.1) is 6.42 Å². The Morgan fingerprint density at radius 2 is 1.94 bits per heavy atom. The molecule has 0 spiro atoms. The van der Waals surface area contributed by atoms with Crippen LogP contribution in [0, 0.1) is 13.8 Å². The van der Waals surface area contributed by atoms with Gasteiger partial charge in [0.15, 0.2) is 0 Å². The summed E-state index contributed by atoms with van der Waals surface area (Å²) in [4.78, 5) is 11.7. The summed E-state index contributed by atoms with van der Waals surface area (Å²) >= 11 is 0. The molecular weight excluding hydrogens is 226 g/mol. The number of esters is 1. The number of hydrogen-bond donors (Lipinski definition) is 1. The van der Waals surface area contributed by atoms with E-state index in [1.165, 1.54) is 5.56 Å². The first-order valence-corrected chi connectivity index (χ1v) is 6.23. The van der Waals surface area contributed by atoms with Crippen molar-refractivity contribution < 1.29 is 9.53 Å². The van der Waals surface area contributed by atoms with Crippen LogP contribution in [0.5, 0.6) is 0 Å². The molecule has 1 aromatic rings. The van der Waals surface area contributed by atoms with Crippen LogP contribution in [0.15, 0.2) is 18.2 Å². The molecule has 0 bridgehead atoms. The number of nitrogens with two attached hydrogens (primary N) is 1. The van der Waals surface area contributed by atoms with Crippen LogP contribution in [0.2, 0.25) is 0 Å². The molecule has 0 heterocycles. The summed E-state index contributed by atoms with van der Waals surface area (Å²) in [5, 5.41) is 0. The van der Waals surface area contributed by atoms with Crippen molar-refractivity contribution in [3.05, 3.63) is 34.9 Å². The van der Waals surface area contributed by atoms with Gasteiger partial charge in [-0.2, -0.15) is 0 Å². The van der Waals surface area contributed by atoms with E-state index in [4.69, 9.17) is 10.5 Å². The summed E-state index contributed by atoms with van der Waals surface area (Å²) in [6.07, 6.45) is 0.209. The van der Waals surface area contributed by atoms with E-state index in [0.29, 0.717) is 0 Å². The van der Waals surface area contributed by atoms with Gasteiger partial charge < -0.3 is 10.5 Å². The van der Waals surface area contributed by atoms with Crippen LogP contribution in [-0.2, 0) is 9.53 Å². The molecule has 1 aromatic carbocycles. The Labute approximate surface area is 109 Å². The molecule has 3 heteroatoms. The summed E-state index contributed by atoms with van der Waals surface area (Å²) in [5.74, 6) is -0.255. The first kappa shape index (κ1) is 14.7. The molecule has 1 unspecified atom stereocenters. The number of carbonyl (C=O) groups excluding carboxylic acids is 1. The zero-order valence-electron chi connectivity index (χ0n) is 11.9. The molecule has 0 amide bonds. The second-order valence-electron chi connectivity index (χ2n) is 5.76. The van der Waals surface area contributed by atoms with Gasteiger partial charge in [-0.15, -0.1) is 0 Å². The van der Waals surface area contributed by atoms with Crippen molar-refractivity contribution in [1.82, 2.24) is 0 Å². The first-order chi connectivity index (χ1) is 8.19. The molecule has 2 N–H and O–H groups in total. The van der Waals surface area contributed by atoms with E-state index in [0.717, 1.165) is 11.1 Å². The van der Waals surface area contributed by atoms with Crippen LogP contribution in [0.1, 0.15) is 49.9 Å². The van der Waals surface area contributed by atoms with Crippen LogP contribution in [0.4, 0.5) is 0 Å². The van der Waals surface area contributed by atoms with E-state index >= 15 is 0 Å². The second-order valence-corrected chi connectivity index (χ2v) is 5.76. The Kier molecular flexibility index (Phi) is 4.52. The van der Waals surface area contributed by atoms with E-state index in [1.54, 1.807) is 0 Å². The van der Waals surface area contributed by atoms with Gasteiger partial charge in [-0.1, -0.05) is 23.8 Å². The fraction of sp³-hybridized carbons (Fsp3) is 0.533. The largest absolute Gasteiger partial charge is 0.460 e. The maximum absolute atomic E-state index is 11.7. The standard InChI is InChI=1S/C15H23NO2/c1-10-6-7-12(11(2)8-10)13(16)9-14(17)18-15(3,4)5/h6-8,13H,9,16H2,1-5H3. The van der Waals surface area contributed by atoms with Gasteiger partial charge >= 0.3 is 5.97 Å².